The molecule has 0 saturated heterocycles. The van der Waals surface area contributed by atoms with Gasteiger partial charge in [-0.1, -0.05) is 5.92 Å². The monoisotopic (exact) mass is 308 g/mol. The summed E-state index contributed by atoms with van der Waals surface area (Å²) in [6, 6.07) is 5.39. The number of rotatable bonds is 4. The molecule has 0 aliphatic heterocycles. The highest BCUT2D eigenvalue weighted by Gasteiger charge is 2.18. The standard InChI is InChI=1S/C17H16N4O2/c1-4-7-18-17(22)12-9-14(15-6-5-8-23-15)20-16-13(12)10-19-21(16)11(2)3/h1,5-6,8-11H,7H2,2-3H3,(H,18,22). The Morgan fingerprint density at radius 2 is 2.35 bits per heavy atom. The predicted octanol–water partition coefficient (Wildman–Crippen LogP) is 2.64. The number of pyridine rings is 1. The molecule has 23 heavy (non-hydrogen) atoms. The maximum Gasteiger partial charge on any atom is 0.252 e. The van der Waals surface area contributed by atoms with Crippen LogP contribution in [0.4, 0.5) is 0 Å². The number of hydrogen-bond donors (Lipinski definition) is 1. The molecule has 0 bridgehead atoms. The van der Waals surface area contributed by atoms with Crippen LogP contribution in [0, 0.1) is 12.3 Å². The molecule has 3 heterocycles. The molecule has 116 valence electrons. The van der Waals surface area contributed by atoms with Crippen LogP contribution in [-0.2, 0) is 0 Å². The van der Waals surface area contributed by atoms with Gasteiger partial charge in [-0.05, 0) is 32.0 Å². The molecular formula is C17H16N4O2. The molecule has 0 saturated carbocycles. The summed E-state index contributed by atoms with van der Waals surface area (Å²) in [5.41, 5.74) is 1.69. The largest absolute Gasteiger partial charge is 0.463 e. The van der Waals surface area contributed by atoms with E-state index in [1.54, 1.807) is 35.3 Å². The summed E-state index contributed by atoms with van der Waals surface area (Å²) in [5, 5.41) is 7.71. The first kappa shape index (κ1) is 14.9. The molecule has 0 radical (unpaired) electrons. The van der Waals surface area contributed by atoms with E-state index >= 15 is 0 Å². The lowest BCUT2D eigenvalue weighted by molar-refractivity contribution is 0.0960. The van der Waals surface area contributed by atoms with E-state index in [-0.39, 0.29) is 18.5 Å². The van der Waals surface area contributed by atoms with E-state index in [2.05, 4.69) is 21.3 Å². The molecule has 3 aromatic heterocycles. The molecule has 6 nitrogen and oxygen atoms in total. The van der Waals surface area contributed by atoms with Crippen molar-refractivity contribution in [3.8, 4) is 23.8 Å². The van der Waals surface area contributed by atoms with Crippen LogP contribution in [-0.4, -0.2) is 27.2 Å². The van der Waals surface area contributed by atoms with Gasteiger partial charge in [0.2, 0.25) is 0 Å². The van der Waals surface area contributed by atoms with Crippen LogP contribution in [0.5, 0.6) is 0 Å². The first-order valence-electron chi connectivity index (χ1n) is 7.25. The van der Waals surface area contributed by atoms with Gasteiger partial charge < -0.3 is 9.73 Å². The number of hydrogen-bond acceptors (Lipinski definition) is 4. The maximum absolute atomic E-state index is 12.4. The van der Waals surface area contributed by atoms with Crippen LogP contribution in [0.25, 0.3) is 22.5 Å². The summed E-state index contributed by atoms with van der Waals surface area (Å²) in [6.07, 6.45) is 8.43. The summed E-state index contributed by atoms with van der Waals surface area (Å²) >= 11 is 0. The van der Waals surface area contributed by atoms with E-state index in [1.165, 1.54) is 0 Å². The van der Waals surface area contributed by atoms with Gasteiger partial charge in [0.25, 0.3) is 5.91 Å². The lowest BCUT2D eigenvalue weighted by Crippen LogP contribution is -2.24. The minimum atomic E-state index is -0.258. The molecule has 3 rings (SSSR count). The minimum absolute atomic E-state index is 0.119. The van der Waals surface area contributed by atoms with Crippen LogP contribution in [0.15, 0.2) is 35.1 Å². The molecule has 0 aliphatic carbocycles. The van der Waals surface area contributed by atoms with Crippen LogP contribution in [0.2, 0.25) is 0 Å². The van der Waals surface area contributed by atoms with Crippen LogP contribution >= 0.6 is 0 Å². The fraction of sp³-hybridized carbons (Fsp3) is 0.235. The first-order valence-corrected chi connectivity index (χ1v) is 7.25. The smallest absolute Gasteiger partial charge is 0.252 e. The van der Waals surface area contributed by atoms with Crippen LogP contribution < -0.4 is 5.32 Å². The SMILES string of the molecule is C#CCNC(=O)c1cc(-c2ccco2)nc2c1cnn2C(C)C. The van der Waals surface area contributed by atoms with E-state index in [0.717, 1.165) is 0 Å². The molecule has 6 heteroatoms. The van der Waals surface area contributed by atoms with Crippen LogP contribution in [0.3, 0.4) is 0 Å². The average molecular weight is 308 g/mol. The summed E-state index contributed by atoms with van der Waals surface area (Å²) in [7, 11) is 0. The Balaban J connectivity index is 2.21. The third kappa shape index (κ3) is 2.69. The fourth-order valence-corrected chi connectivity index (χ4v) is 2.36. The Kier molecular flexibility index (Phi) is 3.85. The highest BCUT2D eigenvalue weighted by Crippen LogP contribution is 2.26. The topological polar surface area (TPSA) is 73.0 Å². The highest BCUT2D eigenvalue weighted by atomic mass is 16.3. The van der Waals surface area contributed by atoms with Gasteiger partial charge in [0, 0.05) is 6.04 Å². The second kappa shape index (κ2) is 5.97. The molecule has 0 spiro atoms. The molecule has 0 fully saturated rings. The highest BCUT2D eigenvalue weighted by molar-refractivity contribution is 6.06. The second-order valence-corrected chi connectivity index (χ2v) is 5.34. The Labute approximate surface area is 133 Å². The van der Waals surface area contributed by atoms with E-state index in [4.69, 9.17) is 10.8 Å². The quantitative estimate of drug-likeness (QED) is 0.752. The number of nitrogens with zero attached hydrogens (tertiary/aromatic N) is 3. The predicted molar refractivity (Wildman–Crippen MR) is 86.8 cm³/mol. The van der Waals surface area contributed by atoms with Crippen molar-refractivity contribution in [3.05, 3.63) is 36.2 Å². The van der Waals surface area contributed by atoms with Crippen molar-refractivity contribution >= 4 is 16.9 Å². The number of aromatic nitrogens is 3. The number of terminal acetylenes is 1. The van der Waals surface area contributed by atoms with Crippen molar-refractivity contribution in [2.75, 3.05) is 6.54 Å². The van der Waals surface area contributed by atoms with Gasteiger partial charge >= 0.3 is 0 Å². The zero-order valence-electron chi connectivity index (χ0n) is 12.9. The Bertz CT molecular complexity index is 885. The third-order valence-corrected chi connectivity index (χ3v) is 3.43. The Morgan fingerprint density at radius 1 is 1.52 bits per heavy atom. The number of nitrogens with one attached hydrogen (secondary N) is 1. The molecule has 1 N–H and O–H groups in total. The lowest BCUT2D eigenvalue weighted by Gasteiger charge is -2.09. The summed E-state index contributed by atoms with van der Waals surface area (Å²) in [5.74, 6) is 2.73. The van der Waals surface area contributed by atoms with Gasteiger partial charge in [-0.3, -0.25) is 4.79 Å². The van der Waals surface area contributed by atoms with Gasteiger partial charge in [0.1, 0.15) is 5.69 Å². The average Bonchev–Trinajstić information content (AvgIpc) is 3.20. The van der Waals surface area contributed by atoms with E-state index < -0.39 is 0 Å². The first-order chi connectivity index (χ1) is 11.1. The molecule has 0 atom stereocenters. The molecule has 0 aliphatic rings. The van der Waals surface area contributed by atoms with Gasteiger partial charge in [-0.15, -0.1) is 6.42 Å². The zero-order valence-corrected chi connectivity index (χ0v) is 12.9. The van der Waals surface area contributed by atoms with Gasteiger partial charge in [0.15, 0.2) is 11.4 Å². The summed E-state index contributed by atoms with van der Waals surface area (Å²) in [6.45, 7) is 4.18. The normalized spacial score (nSPS) is 10.9. The minimum Gasteiger partial charge on any atom is -0.463 e. The van der Waals surface area contributed by atoms with E-state index in [1.807, 2.05) is 13.8 Å². The lowest BCUT2D eigenvalue weighted by atomic mass is 10.1. The number of carbonyl (C=O) groups excluding carboxylic acids is 1. The second-order valence-electron chi connectivity index (χ2n) is 5.34. The Hall–Kier alpha value is -3.07. The number of amides is 1. The molecule has 0 unspecified atom stereocenters. The maximum atomic E-state index is 12.4. The summed E-state index contributed by atoms with van der Waals surface area (Å²) in [4.78, 5) is 17.0. The summed E-state index contributed by atoms with van der Waals surface area (Å²) < 4.78 is 7.18. The van der Waals surface area contributed by atoms with Gasteiger partial charge in [0.05, 0.1) is 30.0 Å². The van der Waals surface area contributed by atoms with Crippen molar-refractivity contribution in [3.63, 3.8) is 0 Å². The van der Waals surface area contributed by atoms with E-state index in [0.29, 0.717) is 28.1 Å². The number of fused-ring (bicyclic) bond motifs is 1. The van der Waals surface area contributed by atoms with Crippen molar-refractivity contribution in [2.24, 2.45) is 0 Å². The molecule has 3 aromatic rings. The molecular weight excluding hydrogens is 292 g/mol. The number of furan rings is 1. The third-order valence-electron chi connectivity index (χ3n) is 3.43. The van der Waals surface area contributed by atoms with Crippen molar-refractivity contribution < 1.29 is 9.21 Å². The van der Waals surface area contributed by atoms with Crippen molar-refractivity contribution in [2.45, 2.75) is 19.9 Å². The molecule has 0 aromatic carbocycles. The van der Waals surface area contributed by atoms with Crippen molar-refractivity contribution in [1.82, 2.24) is 20.1 Å². The van der Waals surface area contributed by atoms with Gasteiger partial charge in [-0.25, -0.2) is 9.67 Å². The fourth-order valence-electron chi connectivity index (χ4n) is 2.36. The number of carbonyl (C=O) groups is 1. The zero-order chi connectivity index (χ0) is 16.4. The van der Waals surface area contributed by atoms with Crippen molar-refractivity contribution in [1.29, 1.82) is 0 Å². The molecule has 1 amide bonds. The van der Waals surface area contributed by atoms with Crippen LogP contribution in [0.1, 0.15) is 30.2 Å². The van der Waals surface area contributed by atoms with E-state index in [9.17, 15) is 4.79 Å². The van der Waals surface area contributed by atoms with Gasteiger partial charge in [-0.2, -0.15) is 5.10 Å². The Morgan fingerprint density at radius 3 is 3.00 bits per heavy atom.